The summed E-state index contributed by atoms with van der Waals surface area (Å²) < 4.78 is 20.7. The largest absolute Gasteiger partial charge is 0.480 e. The molecule has 2 nitrogen and oxygen atoms in total. The van der Waals surface area contributed by atoms with Gasteiger partial charge in [0.1, 0.15) is 6.10 Å². The fourth-order valence-corrected chi connectivity index (χ4v) is 3.34. The minimum absolute atomic E-state index is 0.231. The zero-order chi connectivity index (χ0) is 14.0. The van der Waals surface area contributed by atoms with E-state index in [1.807, 2.05) is 18.4 Å². The van der Waals surface area contributed by atoms with Crippen LogP contribution < -0.4 is 10.5 Å². The van der Waals surface area contributed by atoms with Crippen molar-refractivity contribution >= 4 is 27.3 Å². The predicted molar refractivity (Wildman–Crippen MR) is 80.2 cm³/mol. The summed E-state index contributed by atoms with van der Waals surface area (Å²) in [5.41, 5.74) is 6.52. The van der Waals surface area contributed by atoms with Gasteiger partial charge in [-0.25, -0.2) is 4.39 Å². The summed E-state index contributed by atoms with van der Waals surface area (Å²) in [6, 6.07) is 6.83. The van der Waals surface area contributed by atoms with Crippen LogP contribution in [0.15, 0.2) is 34.1 Å². The highest BCUT2D eigenvalue weighted by atomic mass is 79.9. The molecular weight excluding hydrogens is 329 g/mol. The zero-order valence-corrected chi connectivity index (χ0v) is 13.1. The maximum absolute atomic E-state index is 14.0. The molecule has 0 aliphatic rings. The Bertz CT molecular complexity index is 570. The van der Waals surface area contributed by atoms with Crippen molar-refractivity contribution in [3.8, 4) is 5.75 Å². The molecule has 0 fully saturated rings. The molecule has 0 saturated heterocycles. The van der Waals surface area contributed by atoms with Crippen LogP contribution in [0.1, 0.15) is 23.5 Å². The van der Waals surface area contributed by atoms with Gasteiger partial charge < -0.3 is 10.5 Å². The average molecular weight is 344 g/mol. The van der Waals surface area contributed by atoms with E-state index in [-0.39, 0.29) is 23.7 Å². The number of ether oxygens (including phenoxy) is 1. The Hall–Kier alpha value is -0.910. The summed E-state index contributed by atoms with van der Waals surface area (Å²) in [6.45, 7) is 3.57. The van der Waals surface area contributed by atoms with Crippen molar-refractivity contribution < 1.29 is 9.13 Å². The molecule has 0 saturated carbocycles. The van der Waals surface area contributed by atoms with E-state index in [0.29, 0.717) is 5.56 Å². The van der Waals surface area contributed by atoms with Gasteiger partial charge in [-0.3, -0.25) is 0 Å². The minimum Gasteiger partial charge on any atom is -0.480 e. The monoisotopic (exact) mass is 343 g/mol. The molecule has 1 aromatic carbocycles. The van der Waals surface area contributed by atoms with Gasteiger partial charge in [0.25, 0.3) is 0 Å². The van der Waals surface area contributed by atoms with Gasteiger partial charge in [-0.1, -0.05) is 12.1 Å². The molecule has 2 rings (SSSR count). The number of hydrogen-bond donors (Lipinski definition) is 1. The average Bonchev–Trinajstić information content (AvgIpc) is 2.77. The molecule has 2 N–H and O–H groups in total. The second-order valence-corrected chi connectivity index (χ2v) is 6.31. The summed E-state index contributed by atoms with van der Waals surface area (Å²) in [4.78, 5) is 0.975. The number of aryl methyl sites for hydroxylation is 1. The summed E-state index contributed by atoms with van der Waals surface area (Å²) in [6.07, 6.45) is -0.354. The highest BCUT2D eigenvalue weighted by molar-refractivity contribution is 9.10. The van der Waals surface area contributed by atoms with Crippen LogP contribution in [0.5, 0.6) is 5.75 Å². The van der Waals surface area contributed by atoms with Crippen molar-refractivity contribution in [2.24, 2.45) is 5.73 Å². The topological polar surface area (TPSA) is 35.2 Å². The van der Waals surface area contributed by atoms with Crippen LogP contribution in [0.25, 0.3) is 0 Å². The SMILES string of the molecule is Cc1cccc(OC(c2cc(Br)cs2)C(C)N)c1F. The van der Waals surface area contributed by atoms with E-state index in [4.69, 9.17) is 10.5 Å². The van der Waals surface area contributed by atoms with E-state index in [9.17, 15) is 4.39 Å². The third-order valence-corrected chi connectivity index (χ3v) is 4.51. The van der Waals surface area contributed by atoms with Crippen LogP contribution in [-0.2, 0) is 0 Å². The fraction of sp³-hybridized carbons (Fsp3) is 0.286. The molecule has 1 heterocycles. The van der Waals surface area contributed by atoms with Crippen LogP contribution in [0, 0.1) is 12.7 Å². The van der Waals surface area contributed by atoms with Crippen molar-refractivity contribution in [1.29, 1.82) is 0 Å². The third kappa shape index (κ3) is 3.35. The molecule has 2 aromatic rings. The number of thiophene rings is 1. The number of hydrogen-bond acceptors (Lipinski definition) is 3. The molecule has 5 heteroatoms. The van der Waals surface area contributed by atoms with E-state index in [1.165, 1.54) is 0 Å². The highest BCUT2D eigenvalue weighted by Crippen LogP contribution is 2.32. The van der Waals surface area contributed by atoms with Crippen LogP contribution >= 0.6 is 27.3 Å². The number of benzene rings is 1. The van der Waals surface area contributed by atoms with Gasteiger partial charge in [0.2, 0.25) is 0 Å². The molecule has 0 bridgehead atoms. The van der Waals surface area contributed by atoms with Gasteiger partial charge in [-0.05, 0) is 47.5 Å². The Morgan fingerprint density at radius 1 is 1.42 bits per heavy atom. The van der Waals surface area contributed by atoms with Crippen LogP contribution in [0.4, 0.5) is 4.39 Å². The van der Waals surface area contributed by atoms with Crippen molar-refractivity contribution in [2.45, 2.75) is 26.0 Å². The normalized spacial score (nSPS) is 14.2. The van der Waals surface area contributed by atoms with Gasteiger partial charge in [-0.15, -0.1) is 11.3 Å². The first-order valence-electron chi connectivity index (χ1n) is 5.90. The minimum atomic E-state index is -0.354. The van der Waals surface area contributed by atoms with Crippen molar-refractivity contribution in [1.82, 2.24) is 0 Å². The van der Waals surface area contributed by atoms with Gasteiger partial charge in [-0.2, -0.15) is 0 Å². The molecule has 0 aliphatic heterocycles. The smallest absolute Gasteiger partial charge is 0.167 e. The Labute approximate surface area is 124 Å². The lowest BCUT2D eigenvalue weighted by molar-refractivity contribution is 0.176. The number of halogens is 2. The molecular formula is C14H15BrFNOS. The lowest BCUT2D eigenvalue weighted by atomic mass is 10.1. The van der Waals surface area contributed by atoms with Gasteiger partial charge >= 0.3 is 0 Å². The van der Waals surface area contributed by atoms with Crippen LogP contribution in [-0.4, -0.2) is 6.04 Å². The lowest BCUT2D eigenvalue weighted by Gasteiger charge is -2.22. The summed E-state index contributed by atoms with van der Waals surface area (Å²) in [5, 5.41) is 1.96. The molecule has 2 atom stereocenters. The first-order valence-corrected chi connectivity index (χ1v) is 7.57. The lowest BCUT2D eigenvalue weighted by Crippen LogP contribution is -2.28. The molecule has 1 aromatic heterocycles. The maximum atomic E-state index is 14.0. The van der Waals surface area contributed by atoms with E-state index < -0.39 is 0 Å². The molecule has 102 valence electrons. The Morgan fingerprint density at radius 3 is 2.74 bits per heavy atom. The number of rotatable bonds is 4. The third-order valence-electron chi connectivity index (χ3n) is 2.76. The highest BCUT2D eigenvalue weighted by Gasteiger charge is 2.21. The van der Waals surface area contributed by atoms with E-state index in [0.717, 1.165) is 9.35 Å². The van der Waals surface area contributed by atoms with Gasteiger partial charge in [0.15, 0.2) is 11.6 Å². The zero-order valence-electron chi connectivity index (χ0n) is 10.7. The van der Waals surface area contributed by atoms with Crippen molar-refractivity contribution in [3.05, 3.63) is 50.4 Å². The number of nitrogens with two attached hydrogens (primary N) is 1. The molecule has 2 unspecified atom stereocenters. The molecule has 0 amide bonds. The molecule has 0 radical (unpaired) electrons. The first-order chi connectivity index (χ1) is 8.99. The molecule has 0 spiro atoms. The summed E-state index contributed by atoms with van der Waals surface area (Å²) >= 11 is 4.94. The van der Waals surface area contributed by atoms with E-state index in [1.54, 1.807) is 36.5 Å². The van der Waals surface area contributed by atoms with Crippen molar-refractivity contribution in [3.63, 3.8) is 0 Å². The first kappa shape index (κ1) is 14.5. The standard InChI is InChI=1S/C14H15BrFNOS/c1-8-4-3-5-11(13(8)16)18-14(9(2)17)12-6-10(15)7-19-12/h3-7,9,14H,17H2,1-2H3. The predicted octanol–water partition coefficient (Wildman–Crippen LogP) is 4.43. The van der Waals surface area contributed by atoms with Crippen molar-refractivity contribution in [2.75, 3.05) is 0 Å². The Kier molecular flexibility index (Phi) is 4.60. The maximum Gasteiger partial charge on any atom is 0.167 e. The van der Waals surface area contributed by atoms with Crippen LogP contribution in [0.3, 0.4) is 0 Å². The fourth-order valence-electron chi connectivity index (χ4n) is 1.75. The van der Waals surface area contributed by atoms with E-state index >= 15 is 0 Å². The quantitative estimate of drug-likeness (QED) is 0.891. The summed E-state index contributed by atoms with van der Waals surface area (Å²) in [7, 11) is 0. The van der Waals surface area contributed by atoms with Gasteiger partial charge in [0, 0.05) is 20.8 Å². The Morgan fingerprint density at radius 2 is 2.16 bits per heavy atom. The van der Waals surface area contributed by atoms with E-state index in [2.05, 4.69) is 15.9 Å². The summed E-state index contributed by atoms with van der Waals surface area (Å²) in [5.74, 6) is -0.0874. The van der Waals surface area contributed by atoms with Crippen LogP contribution in [0.2, 0.25) is 0 Å². The second-order valence-electron chi connectivity index (χ2n) is 4.45. The molecule has 19 heavy (non-hydrogen) atoms. The second kappa shape index (κ2) is 6.03. The van der Waals surface area contributed by atoms with Gasteiger partial charge in [0.05, 0.1) is 0 Å². The molecule has 0 aliphatic carbocycles. The Balaban J connectivity index is 2.29.